The third kappa shape index (κ3) is 3.61. The van der Waals surface area contributed by atoms with E-state index in [1.54, 1.807) is 0 Å². The summed E-state index contributed by atoms with van der Waals surface area (Å²) in [6.45, 7) is 2.02. The third-order valence-electron chi connectivity index (χ3n) is 3.48. The quantitative estimate of drug-likeness (QED) is 0.494. The van der Waals surface area contributed by atoms with Gasteiger partial charge in [-0.15, -0.1) is 20.4 Å². The van der Waals surface area contributed by atoms with E-state index >= 15 is 0 Å². The van der Waals surface area contributed by atoms with Gasteiger partial charge in [0.25, 0.3) is 5.22 Å². The zero-order valence-electron chi connectivity index (χ0n) is 13.4. The molecule has 0 aliphatic carbocycles. The molecule has 2 heterocycles. The fourth-order valence-electron chi connectivity index (χ4n) is 2.30. The molecule has 0 saturated heterocycles. The molecule has 6 nitrogen and oxygen atoms in total. The number of rotatable bonds is 5. The molecule has 0 radical (unpaired) electrons. The Balaban J connectivity index is 1.43. The summed E-state index contributed by atoms with van der Waals surface area (Å²) in [5.74, 6) is 1.99. The smallest absolute Gasteiger partial charge is 0.277 e. The molecule has 0 amide bonds. The first kappa shape index (κ1) is 15.6. The minimum absolute atomic E-state index is 0.467. The van der Waals surface area contributed by atoms with Crippen LogP contribution < -0.4 is 0 Å². The maximum absolute atomic E-state index is 5.70. The second-order valence-corrected chi connectivity index (χ2v) is 6.32. The summed E-state index contributed by atoms with van der Waals surface area (Å²) < 4.78 is 11.4. The fraction of sp³-hybridized carbons (Fsp3) is 0.111. The monoisotopic (exact) mass is 350 g/mol. The molecule has 4 rings (SSSR count). The molecule has 0 saturated carbocycles. The fourth-order valence-corrected chi connectivity index (χ4v) is 2.90. The van der Waals surface area contributed by atoms with Crippen LogP contribution in [-0.2, 0) is 5.75 Å². The first-order chi connectivity index (χ1) is 12.3. The van der Waals surface area contributed by atoms with Crippen LogP contribution in [-0.4, -0.2) is 20.4 Å². The molecular formula is C18H14N4O2S. The highest BCUT2D eigenvalue weighted by Gasteiger charge is 2.12. The van der Waals surface area contributed by atoms with Crippen LogP contribution in [0.2, 0.25) is 0 Å². The van der Waals surface area contributed by atoms with Gasteiger partial charge in [0.2, 0.25) is 17.7 Å². The predicted molar refractivity (Wildman–Crippen MR) is 93.8 cm³/mol. The molecule has 25 heavy (non-hydrogen) atoms. The van der Waals surface area contributed by atoms with Gasteiger partial charge in [0, 0.05) is 11.1 Å². The lowest BCUT2D eigenvalue weighted by atomic mass is 10.1. The van der Waals surface area contributed by atoms with E-state index in [0.717, 1.165) is 16.7 Å². The van der Waals surface area contributed by atoms with E-state index in [2.05, 4.69) is 20.4 Å². The topological polar surface area (TPSA) is 77.8 Å². The van der Waals surface area contributed by atoms with Crippen molar-refractivity contribution in [3.05, 3.63) is 66.1 Å². The molecule has 2 aromatic carbocycles. The average Bonchev–Trinajstić information content (AvgIpc) is 3.30. The first-order valence-corrected chi connectivity index (χ1v) is 8.67. The minimum Gasteiger partial charge on any atom is -0.420 e. The molecule has 0 N–H and O–H groups in total. The summed E-state index contributed by atoms with van der Waals surface area (Å²) in [5, 5.41) is 16.7. The molecule has 0 spiro atoms. The highest BCUT2D eigenvalue weighted by atomic mass is 32.2. The van der Waals surface area contributed by atoms with Gasteiger partial charge in [0.15, 0.2) is 0 Å². The van der Waals surface area contributed by atoms with E-state index in [1.807, 2.05) is 61.5 Å². The number of aryl methyl sites for hydroxylation is 1. The minimum atomic E-state index is 0.467. The Labute approximate surface area is 148 Å². The molecule has 7 heteroatoms. The van der Waals surface area contributed by atoms with Gasteiger partial charge in [-0.2, -0.15) is 0 Å². The van der Waals surface area contributed by atoms with E-state index in [4.69, 9.17) is 8.83 Å². The predicted octanol–water partition coefficient (Wildman–Crippen LogP) is 4.39. The maximum atomic E-state index is 5.70. The zero-order valence-corrected chi connectivity index (χ0v) is 14.2. The highest BCUT2D eigenvalue weighted by molar-refractivity contribution is 7.98. The SMILES string of the molecule is Cc1cccc(-c2nnc(CSc3nnc(-c4ccccc4)o3)o2)c1. The molecule has 2 aromatic heterocycles. The van der Waals surface area contributed by atoms with Gasteiger partial charge >= 0.3 is 0 Å². The largest absolute Gasteiger partial charge is 0.420 e. The molecule has 0 aliphatic rings. The van der Waals surface area contributed by atoms with Crippen LogP contribution in [0.1, 0.15) is 11.5 Å². The van der Waals surface area contributed by atoms with Gasteiger partial charge in [-0.1, -0.05) is 47.7 Å². The van der Waals surface area contributed by atoms with E-state index in [0.29, 0.717) is 28.6 Å². The summed E-state index contributed by atoms with van der Waals surface area (Å²) in [6.07, 6.45) is 0. The van der Waals surface area contributed by atoms with Crippen LogP contribution in [0.5, 0.6) is 0 Å². The number of aromatic nitrogens is 4. The van der Waals surface area contributed by atoms with Crippen LogP contribution >= 0.6 is 11.8 Å². The molecule has 0 unspecified atom stereocenters. The van der Waals surface area contributed by atoms with Crippen molar-refractivity contribution >= 4 is 11.8 Å². The number of benzene rings is 2. The maximum Gasteiger partial charge on any atom is 0.277 e. The third-order valence-corrected chi connectivity index (χ3v) is 4.28. The molecule has 124 valence electrons. The van der Waals surface area contributed by atoms with Gasteiger partial charge in [-0.3, -0.25) is 0 Å². The van der Waals surface area contributed by atoms with Crippen molar-refractivity contribution in [1.29, 1.82) is 0 Å². The summed E-state index contributed by atoms with van der Waals surface area (Å²) in [7, 11) is 0. The Morgan fingerprint density at radius 1 is 0.800 bits per heavy atom. The van der Waals surface area contributed by atoms with Gasteiger partial charge < -0.3 is 8.83 Å². The van der Waals surface area contributed by atoms with E-state index in [1.165, 1.54) is 11.8 Å². The van der Waals surface area contributed by atoms with Crippen LogP contribution in [0.3, 0.4) is 0 Å². The molecule has 0 atom stereocenters. The van der Waals surface area contributed by atoms with Crippen molar-refractivity contribution < 1.29 is 8.83 Å². The lowest BCUT2D eigenvalue weighted by Gasteiger charge is -1.96. The van der Waals surface area contributed by atoms with E-state index < -0.39 is 0 Å². The number of nitrogens with zero attached hydrogens (tertiary/aromatic N) is 4. The van der Waals surface area contributed by atoms with Crippen molar-refractivity contribution in [2.45, 2.75) is 17.9 Å². The first-order valence-electron chi connectivity index (χ1n) is 7.69. The lowest BCUT2D eigenvalue weighted by Crippen LogP contribution is -1.80. The Bertz CT molecular complexity index is 981. The van der Waals surface area contributed by atoms with Crippen molar-refractivity contribution in [2.75, 3.05) is 0 Å². The Hall–Kier alpha value is -2.93. The lowest BCUT2D eigenvalue weighted by molar-refractivity contribution is 0.464. The zero-order chi connectivity index (χ0) is 17.1. The van der Waals surface area contributed by atoms with Crippen LogP contribution in [0.25, 0.3) is 22.9 Å². The van der Waals surface area contributed by atoms with Crippen LogP contribution in [0.15, 0.2) is 68.7 Å². The van der Waals surface area contributed by atoms with Gasteiger partial charge in [0.05, 0.1) is 5.75 Å². The van der Waals surface area contributed by atoms with E-state index in [9.17, 15) is 0 Å². The summed E-state index contributed by atoms with van der Waals surface area (Å²) in [4.78, 5) is 0. The van der Waals surface area contributed by atoms with Crippen molar-refractivity contribution in [2.24, 2.45) is 0 Å². The standard InChI is InChI=1S/C18H14N4O2S/c1-12-6-5-9-14(10-12)17-20-19-15(23-17)11-25-18-22-21-16(24-18)13-7-3-2-4-8-13/h2-10H,11H2,1H3. The van der Waals surface area contributed by atoms with Crippen molar-refractivity contribution in [1.82, 2.24) is 20.4 Å². The van der Waals surface area contributed by atoms with Crippen molar-refractivity contribution in [3.63, 3.8) is 0 Å². The van der Waals surface area contributed by atoms with E-state index in [-0.39, 0.29) is 0 Å². The highest BCUT2D eigenvalue weighted by Crippen LogP contribution is 2.26. The Morgan fingerprint density at radius 3 is 2.40 bits per heavy atom. The van der Waals surface area contributed by atoms with Crippen LogP contribution in [0, 0.1) is 6.92 Å². The molecule has 0 fully saturated rings. The van der Waals surface area contributed by atoms with Crippen LogP contribution in [0.4, 0.5) is 0 Å². The summed E-state index contributed by atoms with van der Waals surface area (Å²) >= 11 is 1.36. The second-order valence-electron chi connectivity index (χ2n) is 5.40. The average molecular weight is 350 g/mol. The molecule has 0 aliphatic heterocycles. The normalized spacial score (nSPS) is 10.9. The summed E-state index contributed by atoms with van der Waals surface area (Å²) in [6, 6.07) is 17.6. The van der Waals surface area contributed by atoms with Gasteiger partial charge in [-0.25, -0.2) is 0 Å². The number of hydrogen-bond acceptors (Lipinski definition) is 7. The Kier molecular flexibility index (Phi) is 4.30. The second kappa shape index (κ2) is 6.90. The van der Waals surface area contributed by atoms with Gasteiger partial charge in [0.1, 0.15) is 0 Å². The summed E-state index contributed by atoms with van der Waals surface area (Å²) in [5.41, 5.74) is 2.94. The number of thioether (sulfide) groups is 1. The Morgan fingerprint density at radius 2 is 1.56 bits per heavy atom. The van der Waals surface area contributed by atoms with Gasteiger partial charge in [-0.05, 0) is 31.2 Å². The molecule has 0 bridgehead atoms. The van der Waals surface area contributed by atoms with Crippen molar-refractivity contribution in [3.8, 4) is 22.9 Å². The number of hydrogen-bond donors (Lipinski definition) is 0. The molecular weight excluding hydrogens is 336 g/mol. The molecule has 4 aromatic rings.